The second kappa shape index (κ2) is 13.1. The van der Waals surface area contributed by atoms with E-state index in [1.54, 1.807) is 24.3 Å². The average molecular weight is 481 g/mol. The Hall–Kier alpha value is -3.88. The van der Waals surface area contributed by atoms with Crippen LogP contribution in [-0.4, -0.2) is 34.8 Å². The summed E-state index contributed by atoms with van der Waals surface area (Å²) in [7, 11) is 0. The summed E-state index contributed by atoms with van der Waals surface area (Å²) in [5.41, 5.74) is 4.69. The Labute approximate surface area is 204 Å². The number of carbonyl (C=O) groups is 2. The standard InChI is InChI=1S/C26H32N4O5/c1-3-5-10-17-30-26(33)20-13-7-6-12-19(20)24(29-30)25(32)28-27-23(31)16-11-18-35-22-15-9-8-14-21(22)34-4-2/h6-9,12-15H,3-5,10-11,16-18H2,1-2H3,(H,27,31)(H,28,32). The van der Waals surface area contributed by atoms with Crippen LogP contribution in [-0.2, 0) is 11.3 Å². The predicted octanol–water partition coefficient (Wildman–Crippen LogP) is 3.61. The second-order valence-electron chi connectivity index (χ2n) is 7.96. The minimum atomic E-state index is -0.583. The lowest BCUT2D eigenvalue weighted by Crippen LogP contribution is -2.42. The molecule has 0 saturated heterocycles. The molecule has 3 rings (SSSR count). The number of ether oxygens (including phenoxy) is 2. The third-order valence-electron chi connectivity index (χ3n) is 5.33. The summed E-state index contributed by atoms with van der Waals surface area (Å²) >= 11 is 0. The lowest BCUT2D eigenvalue weighted by Gasteiger charge is -2.12. The first-order valence-corrected chi connectivity index (χ1v) is 12.0. The van der Waals surface area contributed by atoms with Crippen molar-refractivity contribution in [2.75, 3.05) is 13.2 Å². The van der Waals surface area contributed by atoms with Crippen LogP contribution < -0.4 is 25.9 Å². The van der Waals surface area contributed by atoms with E-state index in [9.17, 15) is 14.4 Å². The number of amides is 2. The molecule has 0 saturated carbocycles. The van der Waals surface area contributed by atoms with Crippen molar-refractivity contribution in [1.29, 1.82) is 0 Å². The van der Waals surface area contributed by atoms with Gasteiger partial charge in [0.25, 0.3) is 11.5 Å². The summed E-state index contributed by atoms with van der Waals surface area (Å²) in [5, 5.41) is 5.15. The van der Waals surface area contributed by atoms with Crippen molar-refractivity contribution >= 4 is 22.6 Å². The molecule has 2 aromatic carbocycles. The molecule has 2 N–H and O–H groups in total. The molecule has 0 aliphatic carbocycles. The number of nitrogens with zero attached hydrogens (tertiary/aromatic N) is 2. The van der Waals surface area contributed by atoms with Gasteiger partial charge in [-0.25, -0.2) is 4.68 Å². The summed E-state index contributed by atoms with van der Waals surface area (Å²) in [6.45, 7) is 5.25. The molecule has 35 heavy (non-hydrogen) atoms. The molecule has 0 spiro atoms. The molecular formula is C26H32N4O5. The number of fused-ring (bicyclic) bond motifs is 1. The first-order valence-electron chi connectivity index (χ1n) is 12.0. The fourth-order valence-corrected chi connectivity index (χ4v) is 3.57. The van der Waals surface area contributed by atoms with Crippen LogP contribution in [0, 0.1) is 0 Å². The third kappa shape index (κ3) is 7.05. The molecule has 3 aromatic rings. The molecule has 2 amide bonds. The van der Waals surface area contributed by atoms with E-state index in [0.29, 0.717) is 48.5 Å². The lowest BCUT2D eigenvalue weighted by molar-refractivity contribution is -0.122. The van der Waals surface area contributed by atoms with Gasteiger partial charge in [-0.05, 0) is 38.0 Å². The number of unbranched alkanes of at least 4 members (excludes halogenated alkanes) is 2. The van der Waals surface area contributed by atoms with E-state index in [1.165, 1.54) is 4.68 Å². The van der Waals surface area contributed by atoms with Crippen LogP contribution in [0.25, 0.3) is 10.8 Å². The Kier molecular flexibility index (Phi) is 9.65. The minimum Gasteiger partial charge on any atom is -0.490 e. The molecule has 1 heterocycles. The van der Waals surface area contributed by atoms with Crippen LogP contribution >= 0.6 is 0 Å². The van der Waals surface area contributed by atoms with E-state index in [1.807, 2.05) is 31.2 Å². The molecule has 0 aliphatic heterocycles. The Morgan fingerprint density at radius 3 is 2.29 bits per heavy atom. The summed E-state index contributed by atoms with van der Waals surface area (Å²) in [6, 6.07) is 14.2. The van der Waals surface area contributed by atoms with Gasteiger partial charge in [0, 0.05) is 18.4 Å². The summed E-state index contributed by atoms with van der Waals surface area (Å²) < 4.78 is 12.6. The van der Waals surface area contributed by atoms with Crippen molar-refractivity contribution < 1.29 is 19.1 Å². The molecule has 1 aromatic heterocycles. The number of nitrogens with one attached hydrogen (secondary N) is 2. The molecule has 9 heteroatoms. The SMILES string of the molecule is CCCCCn1nc(C(=O)NNC(=O)CCCOc2ccccc2OCC)c2ccccc2c1=O. The Morgan fingerprint density at radius 1 is 0.886 bits per heavy atom. The molecule has 186 valence electrons. The highest BCUT2D eigenvalue weighted by atomic mass is 16.5. The van der Waals surface area contributed by atoms with Crippen molar-refractivity contribution in [1.82, 2.24) is 20.6 Å². The van der Waals surface area contributed by atoms with E-state index in [-0.39, 0.29) is 23.6 Å². The maximum Gasteiger partial charge on any atom is 0.290 e. The van der Waals surface area contributed by atoms with E-state index in [0.717, 1.165) is 19.3 Å². The number of rotatable bonds is 12. The number of carbonyl (C=O) groups excluding carboxylic acids is 2. The second-order valence-corrected chi connectivity index (χ2v) is 7.96. The zero-order valence-corrected chi connectivity index (χ0v) is 20.2. The smallest absolute Gasteiger partial charge is 0.290 e. The van der Waals surface area contributed by atoms with E-state index in [4.69, 9.17) is 9.47 Å². The largest absolute Gasteiger partial charge is 0.490 e. The topological polar surface area (TPSA) is 112 Å². The number of benzene rings is 2. The molecule has 0 aliphatic rings. The number of hydrogen-bond donors (Lipinski definition) is 2. The molecule has 0 fully saturated rings. The Morgan fingerprint density at radius 2 is 1.57 bits per heavy atom. The van der Waals surface area contributed by atoms with Crippen molar-refractivity contribution in [3.8, 4) is 11.5 Å². The van der Waals surface area contributed by atoms with Crippen LogP contribution in [0.4, 0.5) is 0 Å². The maximum atomic E-state index is 12.8. The number of aromatic nitrogens is 2. The monoisotopic (exact) mass is 480 g/mol. The summed E-state index contributed by atoms with van der Waals surface area (Å²) in [5.74, 6) is 0.332. The fourth-order valence-electron chi connectivity index (χ4n) is 3.57. The summed E-state index contributed by atoms with van der Waals surface area (Å²) in [6.07, 6.45) is 3.36. The Balaban J connectivity index is 1.56. The van der Waals surface area contributed by atoms with Crippen LogP contribution in [0.5, 0.6) is 11.5 Å². The highest BCUT2D eigenvalue weighted by Gasteiger charge is 2.17. The van der Waals surface area contributed by atoms with E-state index >= 15 is 0 Å². The first kappa shape index (κ1) is 25.7. The Bertz CT molecular complexity index is 1210. The van der Waals surface area contributed by atoms with Gasteiger partial charge >= 0.3 is 0 Å². The van der Waals surface area contributed by atoms with Crippen molar-refractivity contribution in [3.63, 3.8) is 0 Å². The summed E-state index contributed by atoms with van der Waals surface area (Å²) in [4.78, 5) is 37.8. The van der Waals surface area contributed by atoms with Crippen molar-refractivity contribution in [2.24, 2.45) is 0 Å². The average Bonchev–Trinajstić information content (AvgIpc) is 2.87. The van der Waals surface area contributed by atoms with Gasteiger partial charge in [0.15, 0.2) is 17.2 Å². The van der Waals surface area contributed by atoms with Crippen LogP contribution in [0.15, 0.2) is 53.3 Å². The molecule has 0 bridgehead atoms. The predicted molar refractivity (Wildman–Crippen MR) is 133 cm³/mol. The first-order chi connectivity index (χ1) is 17.0. The van der Waals surface area contributed by atoms with E-state index in [2.05, 4.69) is 22.9 Å². The number of para-hydroxylation sites is 2. The van der Waals surface area contributed by atoms with Gasteiger partial charge in [-0.3, -0.25) is 25.2 Å². The lowest BCUT2D eigenvalue weighted by atomic mass is 10.1. The molecule has 9 nitrogen and oxygen atoms in total. The fraction of sp³-hybridized carbons (Fsp3) is 0.385. The minimum absolute atomic E-state index is 0.0906. The highest BCUT2D eigenvalue weighted by Crippen LogP contribution is 2.26. The quantitative estimate of drug-likeness (QED) is 0.303. The highest BCUT2D eigenvalue weighted by molar-refractivity contribution is 6.05. The third-order valence-corrected chi connectivity index (χ3v) is 5.33. The van der Waals surface area contributed by atoms with Gasteiger partial charge in [0.1, 0.15) is 0 Å². The van der Waals surface area contributed by atoms with E-state index < -0.39 is 5.91 Å². The number of hydrogen-bond acceptors (Lipinski definition) is 6. The van der Waals surface area contributed by atoms with Gasteiger partial charge in [0.05, 0.1) is 18.6 Å². The normalized spacial score (nSPS) is 10.7. The number of aryl methyl sites for hydroxylation is 1. The maximum absolute atomic E-state index is 12.8. The van der Waals surface area contributed by atoms with Gasteiger partial charge < -0.3 is 9.47 Å². The number of hydrazine groups is 1. The molecular weight excluding hydrogens is 448 g/mol. The van der Waals surface area contributed by atoms with Gasteiger partial charge in [0.2, 0.25) is 5.91 Å². The molecule has 0 unspecified atom stereocenters. The van der Waals surface area contributed by atoms with Crippen LogP contribution in [0.1, 0.15) is 56.4 Å². The van der Waals surface area contributed by atoms with Crippen LogP contribution in [0.3, 0.4) is 0 Å². The van der Waals surface area contributed by atoms with Gasteiger partial charge in [-0.2, -0.15) is 5.10 Å². The van der Waals surface area contributed by atoms with Gasteiger partial charge in [-0.1, -0.05) is 50.1 Å². The molecule has 0 atom stereocenters. The molecule has 0 radical (unpaired) electrons. The zero-order chi connectivity index (χ0) is 25.0. The van der Waals surface area contributed by atoms with Crippen molar-refractivity contribution in [3.05, 3.63) is 64.6 Å². The zero-order valence-electron chi connectivity index (χ0n) is 20.2. The van der Waals surface area contributed by atoms with Gasteiger partial charge in [-0.15, -0.1) is 0 Å². The van der Waals surface area contributed by atoms with Crippen LogP contribution in [0.2, 0.25) is 0 Å². The van der Waals surface area contributed by atoms with Crippen molar-refractivity contribution in [2.45, 2.75) is 52.5 Å².